The summed E-state index contributed by atoms with van der Waals surface area (Å²) in [5, 5.41) is 0. The Kier molecular flexibility index (Phi) is 6.54. The summed E-state index contributed by atoms with van der Waals surface area (Å²) >= 11 is 0. The van der Waals surface area contributed by atoms with Crippen molar-refractivity contribution in [2.24, 2.45) is 0 Å². The molecule has 0 unspecified atom stereocenters. The maximum Gasteiger partial charge on any atom is 0.410 e. The fraction of sp³-hybridized carbons (Fsp3) is 0.667. The van der Waals surface area contributed by atoms with Crippen molar-refractivity contribution in [3.8, 4) is 0 Å². The van der Waals surface area contributed by atoms with Crippen molar-refractivity contribution < 1.29 is 14.3 Å². The summed E-state index contributed by atoms with van der Waals surface area (Å²) in [7, 11) is 1.74. The molecule has 5 heteroatoms. The van der Waals surface area contributed by atoms with Gasteiger partial charge in [0, 0.05) is 26.7 Å². The molecular weight excluding hydrogens is 328 g/mol. The summed E-state index contributed by atoms with van der Waals surface area (Å²) in [6.45, 7) is 7.18. The van der Waals surface area contributed by atoms with Gasteiger partial charge in [-0.1, -0.05) is 37.6 Å². The number of carbonyl (C=O) groups excluding carboxylic acids is 1. The number of rotatable bonds is 8. The minimum absolute atomic E-state index is 0.146. The van der Waals surface area contributed by atoms with E-state index in [1.165, 1.54) is 30.4 Å². The lowest BCUT2D eigenvalue weighted by molar-refractivity contribution is 0.0260. The molecule has 2 fully saturated rings. The number of ether oxygens (including phenoxy) is 2. The van der Waals surface area contributed by atoms with Crippen LogP contribution in [0.3, 0.4) is 0 Å². The van der Waals surface area contributed by atoms with E-state index in [-0.39, 0.29) is 11.7 Å². The summed E-state index contributed by atoms with van der Waals surface area (Å²) in [5.41, 5.74) is 2.25. The van der Waals surface area contributed by atoms with Crippen molar-refractivity contribution in [1.29, 1.82) is 0 Å². The topological polar surface area (TPSA) is 42.0 Å². The lowest BCUT2D eigenvalue weighted by atomic mass is 9.85. The third-order valence-electron chi connectivity index (χ3n) is 5.67. The molecule has 1 amide bonds. The zero-order chi connectivity index (χ0) is 18.4. The van der Waals surface area contributed by atoms with Crippen LogP contribution in [0.4, 0.5) is 4.79 Å². The van der Waals surface area contributed by atoms with Crippen LogP contribution in [0.5, 0.6) is 0 Å². The molecule has 0 atom stereocenters. The Hall–Kier alpha value is -1.59. The van der Waals surface area contributed by atoms with Gasteiger partial charge in [-0.3, -0.25) is 9.80 Å². The first-order valence-corrected chi connectivity index (χ1v) is 9.91. The first-order chi connectivity index (χ1) is 12.6. The molecule has 0 radical (unpaired) electrons. The average Bonchev–Trinajstić information content (AvgIpc) is 2.95. The van der Waals surface area contributed by atoms with E-state index >= 15 is 0 Å². The SMILES string of the molecule is CCN(CCOC)Cc1ccc(CN2CC3(CCCCC3)OC2=O)cc1. The standard InChI is InChI=1S/C21H32N2O3/c1-3-22(13-14-25-2)15-18-7-9-19(10-8-18)16-23-17-21(26-20(23)24)11-5-4-6-12-21/h7-10H,3-6,11-17H2,1-2H3. The molecule has 1 aliphatic carbocycles. The van der Waals surface area contributed by atoms with Crippen molar-refractivity contribution in [2.75, 3.05) is 33.4 Å². The zero-order valence-electron chi connectivity index (χ0n) is 16.2. The fourth-order valence-corrected chi connectivity index (χ4v) is 4.07. The monoisotopic (exact) mass is 360 g/mol. The van der Waals surface area contributed by atoms with Crippen LogP contribution in [0.15, 0.2) is 24.3 Å². The minimum Gasteiger partial charge on any atom is -0.441 e. The second kappa shape index (κ2) is 8.87. The van der Waals surface area contributed by atoms with E-state index in [1.807, 2.05) is 4.90 Å². The van der Waals surface area contributed by atoms with E-state index in [9.17, 15) is 4.79 Å². The Labute approximate surface area is 157 Å². The number of hydrogen-bond donors (Lipinski definition) is 0. The maximum absolute atomic E-state index is 12.3. The van der Waals surface area contributed by atoms with Crippen LogP contribution in [0.25, 0.3) is 0 Å². The molecule has 0 aromatic heterocycles. The molecule has 3 rings (SSSR count). The average molecular weight is 360 g/mol. The Morgan fingerprint density at radius 1 is 1.15 bits per heavy atom. The first-order valence-electron chi connectivity index (χ1n) is 9.91. The molecule has 1 aromatic carbocycles. The predicted octanol–water partition coefficient (Wildman–Crippen LogP) is 3.81. The summed E-state index contributed by atoms with van der Waals surface area (Å²) in [5.74, 6) is 0. The highest BCUT2D eigenvalue weighted by Crippen LogP contribution is 2.37. The molecule has 1 aliphatic heterocycles. The highest BCUT2D eigenvalue weighted by Gasteiger charge is 2.45. The summed E-state index contributed by atoms with van der Waals surface area (Å²) < 4.78 is 10.9. The molecule has 0 N–H and O–H groups in total. The molecule has 2 aliphatic rings. The highest BCUT2D eigenvalue weighted by molar-refractivity contribution is 5.70. The third-order valence-corrected chi connectivity index (χ3v) is 5.67. The van der Waals surface area contributed by atoms with Gasteiger partial charge in [0.25, 0.3) is 0 Å². The van der Waals surface area contributed by atoms with Gasteiger partial charge >= 0.3 is 6.09 Å². The van der Waals surface area contributed by atoms with Crippen molar-refractivity contribution in [3.63, 3.8) is 0 Å². The maximum atomic E-state index is 12.3. The summed E-state index contributed by atoms with van der Waals surface area (Å²) in [6.07, 6.45) is 5.50. The third kappa shape index (κ3) is 4.77. The van der Waals surface area contributed by atoms with Gasteiger partial charge in [-0.05, 0) is 43.4 Å². The van der Waals surface area contributed by atoms with E-state index < -0.39 is 0 Å². The van der Waals surface area contributed by atoms with Gasteiger partial charge < -0.3 is 9.47 Å². The second-order valence-electron chi connectivity index (χ2n) is 7.65. The minimum atomic E-state index is -0.210. The molecule has 0 bridgehead atoms. The van der Waals surface area contributed by atoms with Crippen LogP contribution < -0.4 is 0 Å². The number of nitrogens with zero attached hydrogens (tertiary/aromatic N) is 2. The predicted molar refractivity (Wildman–Crippen MR) is 102 cm³/mol. The van der Waals surface area contributed by atoms with Gasteiger partial charge in [-0.2, -0.15) is 0 Å². The number of methoxy groups -OCH3 is 1. The number of likely N-dealkylation sites (N-methyl/N-ethyl adjacent to an activating group) is 1. The summed E-state index contributed by atoms with van der Waals surface area (Å²) in [4.78, 5) is 16.5. The molecule has 144 valence electrons. The van der Waals surface area contributed by atoms with Gasteiger partial charge in [-0.15, -0.1) is 0 Å². The molecule has 1 saturated carbocycles. The van der Waals surface area contributed by atoms with E-state index in [1.54, 1.807) is 7.11 Å². The molecular formula is C21H32N2O3. The number of benzene rings is 1. The molecule has 1 spiro atoms. The van der Waals surface area contributed by atoms with E-state index in [2.05, 4.69) is 36.1 Å². The van der Waals surface area contributed by atoms with Crippen molar-refractivity contribution >= 4 is 6.09 Å². The lowest BCUT2D eigenvalue weighted by Gasteiger charge is -2.30. The van der Waals surface area contributed by atoms with Crippen LogP contribution >= 0.6 is 0 Å². The number of amides is 1. The highest BCUT2D eigenvalue weighted by atomic mass is 16.6. The first kappa shape index (κ1) is 19.2. The van der Waals surface area contributed by atoms with Crippen molar-refractivity contribution in [2.45, 2.75) is 57.7 Å². The fourth-order valence-electron chi connectivity index (χ4n) is 4.07. The Morgan fingerprint density at radius 3 is 2.50 bits per heavy atom. The number of carbonyl (C=O) groups is 1. The van der Waals surface area contributed by atoms with Gasteiger partial charge in [0.2, 0.25) is 0 Å². The van der Waals surface area contributed by atoms with Gasteiger partial charge in [0.1, 0.15) is 5.60 Å². The van der Waals surface area contributed by atoms with Crippen LogP contribution in [0, 0.1) is 0 Å². The Bertz CT molecular complexity index is 581. The van der Waals surface area contributed by atoms with Crippen LogP contribution in [-0.2, 0) is 22.6 Å². The smallest absolute Gasteiger partial charge is 0.410 e. The van der Waals surface area contributed by atoms with Gasteiger partial charge in [0.15, 0.2) is 0 Å². The van der Waals surface area contributed by atoms with Crippen molar-refractivity contribution in [3.05, 3.63) is 35.4 Å². The summed E-state index contributed by atoms with van der Waals surface area (Å²) in [6, 6.07) is 8.61. The Balaban J connectivity index is 1.55. The lowest BCUT2D eigenvalue weighted by Crippen LogP contribution is -2.36. The van der Waals surface area contributed by atoms with Crippen LogP contribution in [0.1, 0.15) is 50.2 Å². The molecule has 5 nitrogen and oxygen atoms in total. The largest absolute Gasteiger partial charge is 0.441 e. The van der Waals surface area contributed by atoms with Crippen LogP contribution in [0.2, 0.25) is 0 Å². The molecule has 26 heavy (non-hydrogen) atoms. The quantitative estimate of drug-likeness (QED) is 0.707. The molecule has 1 saturated heterocycles. The van der Waals surface area contributed by atoms with E-state index in [4.69, 9.17) is 9.47 Å². The molecule has 1 heterocycles. The zero-order valence-corrected chi connectivity index (χ0v) is 16.2. The Morgan fingerprint density at radius 2 is 1.85 bits per heavy atom. The normalized spacial score (nSPS) is 19.3. The number of hydrogen-bond acceptors (Lipinski definition) is 4. The van der Waals surface area contributed by atoms with Crippen LogP contribution in [-0.4, -0.2) is 54.8 Å². The second-order valence-corrected chi connectivity index (χ2v) is 7.65. The molecule has 1 aromatic rings. The van der Waals surface area contributed by atoms with Crippen molar-refractivity contribution in [1.82, 2.24) is 9.80 Å². The van der Waals surface area contributed by atoms with E-state index in [0.29, 0.717) is 6.54 Å². The van der Waals surface area contributed by atoms with E-state index in [0.717, 1.165) is 45.6 Å². The van der Waals surface area contributed by atoms with Gasteiger partial charge in [-0.25, -0.2) is 4.79 Å². The van der Waals surface area contributed by atoms with Gasteiger partial charge in [0.05, 0.1) is 13.2 Å².